The van der Waals surface area contributed by atoms with E-state index in [0.29, 0.717) is 19.6 Å². The Morgan fingerprint density at radius 3 is 2.82 bits per heavy atom. The summed E-state index contributed by atoms with van der Waals surface area (Å²) in [6.45, 7) is 7.08. The van der Waals surface area contributed by atoms with E-state index < -0.39 is 9.84 Å². The highest BCUT2D eigenvalue weighted by Crippen LogP contribution is 2.09. The van der Waals surface area contributed by atoms with E-state index in [2.05, 4.69) is 11.8 Å². The number of likely N-dealkylation sites (N-methyl/N-ethyl adjacent to an activating group) is 1. The van der Waals surface area contributed by atoms with E-state index in [1.54, 1.807) is 0 Å². The van der Waals surface area contributed by atoms with Gasteiger partial charge in [0.15, 0.2) is 9.84 Å². The quantitative estimate of drug-likeness (QED) is 0.723. The van der Waals surface area contributed by atoms with Gasteiger partial charge in [-0.05, 0) is 19.9 Å². The number of nitrogens with zero attached hydrogens (tertiary/aromatic N) is 1. The molecular formula is C11H24N2O3S. The molecular weight excluding hydrogens is 240 g/mol. The maximum absolute atomic E-state index is 11.8. The van der Waals surface area contributed by atoms with Crippen LogP contribution in [-0.2, 0) is 14.6 Å². The van der Waals surface area contributed by atoms with Gasteiger partial charge in [-0.25, -0.2) is 8.42 Å². The molecule has 2 N–H and O–H groups in total. The molecule has 2 unspecified atom stereocenters. The molecule has 0 aromatic heterocycles. The fourth-order valence-electron chi connectivity index (χ4n) is 1.90. The van der Waals surface area contributed by atoms with E-state index in [0.717, 1.165) is 13.1 Å². The molecule has 102 valence electrons. The minimum atomic E-state index is -3.04. The first-order chi connectivity index (χ1) is 7.93. The normalized spacial score (nSPS) is 24.8. The third kappa shape index (κ3) is 5.81. The van der Waals surface area contributed by atoms with Crippen LogP contribution in [0, 0.1) is 0 Å². The maximum atomic E-state index is 11.8. The summed E-state index contributed by atoms with van der Waals surface area (Å²) >= 11 is 0. The van der Waals surface area contributed by atoms with Crippen LogP contribution in [0.5, 0.6) is 0 Å². The molecule has 2 atom stereocenters. The van der Waals surface area contributed by atoms with Crippen LogP contribution in [0.1, 0.15) is 20.3 Å². The Kier molecular flexibility index (Phi) is 5.85. The van der Waals surface area contributed by atoms with Crippen molar-refractivity contribution in [3.63, 3.8) is 0 Å². The van der Waals surface area contributed by atoms with E-state index in [1.165, 1.54) is 0 Å². The monoisotopic (exact) mass is 264 g/mol. The maximum Gasteiger partial charge on any atom is 0.152 e. The lowest BCUT2D eigenvalue weighted by molar-refractivity contribution is -0.0145. The number of rotatable bonds is 6. The Hall–Kier alpha value is -0.170. The lowest BCUT2D eigenvalue weighted by Gasteiger charge is -2.31. The highest BCUT2D eigenvalue weighted by molar-refractivity contribution is 7.91. The molecule has 0 saturated carbocycles. The van der Waals surface area contributed by atoms with Crippen molar-refractivity contribution >= 4 is 9.84 Å². The standard InChI is InChI=1S/C11H24N2O3S/c1-3-13-5-6-16-11(8-13)9-17(14,15)7-4-10(2)12/h10-11H,3-9,12H2,1-2H3. The van der Waals surface area contributed by atoms with Gasteiger partial charge in [0.05, 0.1) is 24.2 Å². The second-order valence-corrected chi connectivity index (χ2v) is 7.00. The van der Waals surface area contributed by atoms with Gasteiger partial charge in [-0.2, -0.15) is 0 Å². The second-order valence-electron chi connectivity index (χ2n) is 4.77. The summed E-state index contributed by atoms with van der Waals surface area (Å²) in [6, 6.07) is -0.0656. The van der Waals surface area contributed by atoms with Crippen LogP contribution in [-0.4, -0.2) is 63.2 Å². The van der Waals surface area contributed by atoms with Crippen molar-refractivity contribution in [2.24, 2.45) is 5.73 Å². The number of hydrogen-bond donors (Lipinski definition) is 1. The van der Waals surface area contributed by atoms with Gasteiger partial charge in [0, 0.05) is 19.1 Å². The summed E-state index contributed by atoms with van der Waals surface area (Å²) in [5.74, 6) is 0.285. The van der Waals surface area contributed by atoms with E-state index in [-0.39, 0.29) is 23.7 Å². The average molecular weight is 264 g/mol. The van der Waals surface area contributed by atoms with Crippen molar-refractivity contribution in [2.75, 3.05) is 37.7 Å². The van der Waals surface area contributed by atoms with E-state index in [4.69, 9.17) is 10.5 Å². The third-order valence-corrected chi connectivity index (χ3v) is 4.73. The number of morpholine rings is 1. The van der Waals surface area contributed by atoms with E-state index >= 15 is 0 Å². The fraction of sp³-hybridized carbons (Fsp3) is 1.00. The van der Waals surface area contributed by atoms with E-state index in [9.17, 15) is 8.42 Å². The zero-order chi connectivity index (χ0) is 12.9. The number of ether oxygens (including phenoxy) is 1. The number of nitrogens with two attached hydrogens (primary N) is 1. The average Bonchev–Trinajstić information content (AvgIpc) is 2.26. The summed E-state index contributed by atoms with van der Waals surface area (Å²) in [5.41, 5.74) is 5.57. The first-order valence-corrected chi connectivity index (χ1v) is 8.05. The molecule has 1 rings (SSSR count). The SMILES string of the molecule is CCN1CCOC(CS(=O)(=O)CCC(C)N)C1. The van der Waals surface area contributed by atoms with Gasteiger partial charge in [0.25, 0.3) is 0 Å². The van der Waals surface area contributed by atoms with Crippen LogP contribution in [0.2, 0.25) is 0 Å². The zero-order valence-electron chi connectivity index (χ0n) is 10.8. The van der Waals surface area contributed by atoms with Gasteiger partial charge in [-0.3, -0.25) is 4.90 Å². The molecule has 6 heteroatoms. The molecule has 1 aliphatic heterocycles. The van der Waals surface area contributed by atoms with Gasteiger partial charge in [0.1, 0.15) is 0 Å². The van der Waals surface area contributed by atoms with Crippen LogP contribution in [0.15, 0.2) is 0 Å². The Morgan fingerprint density at radius 1 is 1.53 bits per heavy atom. The summed E-state index contributed by atoms with van der Waals surface area (Å²) in [6.07, 6.45) is 0.341. The summed E-state index contributed by atoms with van der Waals surface area (Å²) in [7, 11) is -3.04. The van der Waals surface area contributed by atoms with Gasteiger partial charge < -0.3 is 10.5 Å². The minimum absolute atomic E-state index is 0.0656. The first-order valence-electron chi connectivity index (χ1n) is 6.23. The Bertz CT molecular complexity index is 317. The van der Waals surface area contributed by atoms with Crippen LogP contribution in [0.3, 0.4) is 0 Å². The van der Waals surface area contributed by atoms with Crippen LogP contribution in [0.25, 0.3) is 0 Å². The number of hydrogen-bond acceptors (Lipinski definition) is 5. The smallest absolute Gasteiger partial charge is 0.152 e. The molecule has 0 bridgehead atoms. The van der Waals surface area contributed by atoms with Crippen molar-refractivity contribution in [3.8, 4) is 0 Å². The van der Waals surface area contributed by atoms with Crippen LogP contribution < -0.4 is 5.73 Å². The van der Waals surface area contributed by atoms with Gasteiger partial charge in [0.2, 0.25) is 0 Å². The molecule has 0 aromatic rings. The van der Waals surface area contributed by atoms with Crippen molar-refractivity contribution < 1.29 is 13.2 Å². The van der Waals surface area contributed by atoms with Crippen LogP contribution in [0.4, 0.5) is 0 Å². The highest BCUT2D eigenvalue weighted by atomic mass is 32.2. The van der Waals surface area contributed by atoms with Crippen molar-refractivity contribution in [2.45, 2.75) is 32.4 Å². The fourth-order valence-corrected chi connectivity index (χ4v) is 3.57. The molecule has 0 aromatic carbocycles. The largest absolute Gasteiger partial charge is 0.374 e. The third-order valence-electron chi connectivity index (χ3n) is 2.99. The highest BCUT2D eigenvalue weighted by Gasteiger charge is 2.25. The van der Waals surface area contributed by atoms with Gasteiger partial charge in [-0.1, -0.05) is 6.92 Å². The summed E-state index contributed by atoms with van der Waals surface area (Å²) in [4.78, 5) is 2.22. The van der Waals surface area contributed by atoms with Crippen molar-refractivity contribution in [3.05, 3.63) is 0 Å². The lowest BCUT2D eigenvalue weighted by Crippen LogP contribution is -2.45. The van der Waals surface area contributed by atoms with Crippen LogP contribution >= 0.6 is 0 Å². The predicted molar refractivity (Wildman–Crippen MR) is 68.8 cm³/mol. The molecule has 0 spiro atoms. The van der Waals surface area contributed by atoms with Gasteiger partial charge >= 0.3 is 0 Å². The molecule has 1 fully saturated rings. The molecule has 1 saturated heterocycles. The molecule has 0 aliphatic carbocycles. The van der Waals surface area contributed by atoms with Crippen molar-refractivity contribution in [1.82, 2.24) is 4.90 Å². The molecule has 0 radical (unpaired) electrons. The second kappa shape index (κ2) is 6.68. The Morgan fingerprint density at radius 2 is 2.24 bits per heavy atom. The Balaban J connectivity index is 2.41. The predicted octanol–water partition coefficient (Wildman–Crippen LogP) is -0.141. The number of sulfone groups is 1. The van der Waals surface area contributed by atoms with Gasteiger partial charge in [-0.15, -0.1) is 0 Å². The lowest BCUT2D eigenvalue weighted by atomic mass is 10.3. The minimum Gasteiger partial charge on any atom is -0.374 e. The molecule has 17 heavy (non-hydrogen) atoms. The van der Waals surface area contributed by atoms with Crippen molar-refractivity contribution in [1.29, 1.82) is 0 Å². The molecule has 1 heterocycles. The first kappa shape index (κ1) is 14.9. The zero-order valence-corrected chi connectivity index (χ0v) is 11.6. The summed E-state index contributed by atoms with van der Waals surface area (Å²) < 4.78 is 29.2. The molecule has 5 nitrogen and oxygen atoms in total. The summed E-state index contributed by atoms with van der Waals surface area (Å²) in [5, 5.41) is 0. The molecule has 0 amide bonds. The Labute approximate surface area is 104 Å². The molecule has 1 aliphatic rings. The topological polar surface area (TPSA) is 72.6 Å². The van der Waals surface area contributed by atoms with E-state index in [1.807, 2.05) is 6.92 Å².